The molecule has 0 spiro atoms. The van der Waals surface area contributed by atoms with E-state index in [4.69, 9.17) is 0 Å². The van der Waals surface area contributed by atoms with Gasteiger partial charge in [-0.1, -0.05) is 35.9 Å². The maximum Gasteiger partial charge on any atom is 0.295 e. The van der Waals surface area contributed by atoms with Gasteiger partial charge in [0.05, 0.1) is 17.3 Å². The van der Waals surface area contributed by atoms with Gasteiger partial charge in [-0.05, 0) is 45.6 Å². The number of rotatable bonds is 5. The number of carbonyl (C=O) groups excluding carboxylic acids is 2. The van der Waals surface area contributed by atoms with Gasteiger partial charge in [0.15, 0.2) is 5.76 Å². The van der Waals surface area contributed by atoms with Gasteiger partial charge in [-0.2, -0.15) is 0 Å². The number of nitrogens with zero attached hydrogens (tertiary/aromatic N) is 4. The van der Waals surface area contributed by atoms with Crippen LogP contribution < -0.4 is 0 Å². The summed E-state index contributed by atoms with van der Waals surface area (Å²) in [5, 5.41) is 11.4. The van der Waals surface area contributed by atoms with Crippen LogP contribution in [0, 0.1) is 13.8 Å². The Morgan fingerprint density at radius 2 is 1.81 bits per heavy atom. The molecule has 0 unspecified atom stereocenters. The average molecular weight is 418 g/mol. The molecule has 1 aromatic carbocycles. The standard InChI is InChI=1S/C24H26N4O3/c1-15-8-10-17(11-9-15)21-19(23(30)24(31)28(21)14-13-26(3)4)22(29)20-16(2)25-18-7-5-6-12-27(18)20/h5-12,21,29H,13-14H2,1-4H3/b22-19+/t21-/m0/s1. The van der Waals surface area contributed by atoms with Crippen LogP contribution in [0.15, 0.2) is 54.2 Å². The van der Waals surface area contributed by atoms with Crippen LogP contribution in [0.1, 0.15) is 28.6 Å². The summed E-state index contributed by atoms with van der Waals surface area (Å²) in [6.07, 6.45) is 1.79. The van der Waals surface area contributed by atoms with Crippen molar-refractivity contribution in [3.63, 3.8) is 0 Å². The monoisotopic (exact) mass is 418 g/mol. The number of amides is 1. The van der Waals surface area contributed by atoms with Crippen LogP contribution in [-0.2, 0) is 9.59 Å². The summed E-state index contributed by atoms with van der Waals surface area (Å²) in [5.74, 6) is -1.47. The Hall–Kier alpha value is -3.45. The van der Waals surface area contributed by atoms with Gasteiger partial charge < -0.3 is 14.9 Å². The maximum atomic E-state index is 13.1. The van der Waals surface area contributed by atoms with Crippen LogP contribution in [0.3, 0.4) is 0 Å². The lowest BCUT2D eigenvalue weighted by atomic mass is 9.95. The lowest BCUT2D eigenvalue weighted by Gasteiger charge is -2.26. The predicted octanol–water partition coefficient (Wildman–Crippen LogP) is 2.93. The average Bonchev–Trinajstić information content (AvgIpc) is 3.20. The lowest BCUT2D eigenvalue weighted by molar-refractivity contribution is -0.140. The van der Waals surface area contributed by atoms with Gasteiger partial charge in [-0.25, -0.2) is 4.98 Å². The first-order valence-electron chi connectivity index (χ1n) is 10.2. The molecule has 1 fully saturated rings. The summed E-state index contributed by atoms with van der Waals surface area (Å²) in [7, 11) is 3.83. The largest absolute Gasteiger partial charge is 0.505 e. The number of aromatic nitrogens is 2. The van der Waals surface area contributed by atoms with Gasteiger partial charge in [0.2, 0.25) is 0 Å². The Morgan fingerprint density at radius 1 is 1.10 bits per heavy atom. The van der Waals surface area contributed by atoms with E-state index in [0.29, 0.717) is 30.1 Å². The van der Waals surface area contributed by atoms with E-state index in [1.807, 2.05) is 68.4 Å². The van der Waals surface area contributed by atoms with Crippen LogP contribution >= 0.6 is 0 Å². The van der Waals surface area contributed by atoms with Gasteiger partial charge in [0, 0.05) is 19.3 Å². The molecule has 1 atom stereocenters. The molecule has 31 heavy (non-hydrogen) atoms. The highest BCUT2D eigenvalue weighted by atomic mass is 16.3. The molecule has 0 aliphatic carbocycles. The number of likely N-dealkylation sites (N-methyl/N-ethyl adjacent to an activating group) is 1. The molecular weight excluding hydrogens is 392 g/mol. The van der Waals surface area contributed by atoms with Crippen molar-refractivity contribution in [1.82, 2.24) is 19.2 Å². The number of hydrogen-bond acceptors (Lipinski definition) is 5. The molecule has 7 heteroatoms. The first kappa shape index (κ1) is 20.8. The van der Waals surface area contributed by atoms with Gasteiger partial charge in [0.1, 0.15) is 11.3 Å². The third-order valence-corrected chi connectivity index (χ3v) is 5.65. The maximum absolute atomic E-state index is 13.1. The van der Waals surface area contributed by atoms with Crippen molar-refractivity contribution in [1.29, 1.82) is 0 Å². The summed E-state index contributed by atoms with van der Waals surface area (Å²) in [6.45, 7) is 4.74. The second-order valence-electron chi connectivity index (χ2n) is 8.18. The second kappa shape index (κ2) is 8.00. The minimum absolute atomic E-state index is 0.0985. The van der Waals surface area contributed by atoms with Crippen molar-refractivity contribution in [2.45, 2.75) is 19.9 Å². The summed E-state index contributed by atoms with van der Waals surface area (Å²) in [5.41, 5.74) is 3.64. The van der Waals surface area contributed by atoms with Crippen molar-refractivity contribution in [3.8, 4) is 0 Å². The van der Waals surface area contributed by atoms with Gasteiger partial charge >= 0.3 is 0 Å². The molecule has 4 rings (SSSR count). The van der Waals surface area contributed by atoms with Crippen molar-refractivity contribution in [3.05, 3.63) is 76.7 Å². The molecule has 7 nitrogen and oxygen atoms in total. The first-order valence-corrected chi connectivity index (χ1v) is 10.2. The zero-order valence-corrected chi connectivity index (χ0v) is 18.2. The minimum atomic E-state index is -0.674. The van der Waals surface area contributed by atoms with Crippen LogP contribution in [0.25, 0.3) is 11.4 Å². The SMILES string of the molecule is Cc1ccc([C@H]2/C(=C(\O)c3c(C)nc4ccccn34)C(=O)C(=O)N2CCN(C)C)cc1. The summed E-state index contributed by atoms with van der Waals surface area (Å²) in [6, 6.07) is 12.6. The third kappa shape index (κ3) is 3.61. The van der Waals surface area contributed by atoms with E-state index < -0.39 is 17.7 Å². The predicted molar refractivity (Wildman–Crippen MR) is 119 cm³/mol. The second-order valence-corrected chi connectivity index (χ2v) is 8.18. The number of pyridine rings is 1. The third-order valence-electron chi connectivity index (χ3n) is 5.65. The molecule has 3 aromatic rings. The van der Waals surface area contributed by atoms with Crippen LogP contribution in [-0.4, -0.2) is 63.2 Å². The van der Waals surface area contributed by atoms with Crippen molar-refractivity contribution < 1.29 is 14.7 Å². The highest BCUT2D eigenvalue weighted by molar-refractivity contribution is 6.46. The fraction of sp³-hybridized carbons (Fsp3) is 0.292. The molecule has 1 saturated heterocycles. The molecule has 160 valence electrons. The normalized spacial score (nSPS) is 18.5. The van der Waals surface area contributed by atoms with Crippen LogP contribution in [0.4, 0.5) is 0 Å². The minimum Gasteiger partial charge on any atom is -0.505 e. The number of aryl methyl sites for hydroxylation is 2. The molecule has 1 aliphatic heterocycles. The van der Waals surface area contributed by atoms with E-state index >= 15 is 0 Å². The lowest BCUT2D eigenvalue weighted by Crippen LogP contribution is -2.35. The Balaban J connectivity index is 1.92. The van der Waals surface area contributed by atoms with Gasteiger partial charge in [-0.15, -0.1) is 0 Å². The number of carbonyl (C=O) groups is 2. The Morgan fingerprint density at radius 3 is 2.48 bits per heavy atom. The molecule has 1 N–H and O–H groups in total. The Labute approximate surface area is 181 Å². The molecule has 3 heterocycles. The van der Waals surface area contributed by atoms with E-state index in [-0.39, 0.29) is 11.3 Å². The summed E-state index contributed by atoms with van der Waals surface area (Å²) < 4.78 is 1.74. The van der Waals surface area contributed by atoms with Crippen LogP contribution in [0.5, 0.6) is 0 Å². The number of ketones is 1. The number of aliphatic hydroxyl groups is 1. The molecule has 1 amide bonds. The van der Waals surface area contributed by atoms with E-state index in [0.717, 1.165) is 11.1 Å². The summed E-state index contributed by atoms with van der Waals surface area (Å²) in [4.78, 5) is 34.1. The van der Waals surface area contributed by atoms with Gasteiger partial charge in [0.25, 0.3) is 11.7 Å². The first-order chi connectivity index (χ1) is 14.8. The molecule has 1 aliphatic rings. The molecule has 0 radical (unpaired) electrons. The zero-order chi connectivity index (χ0) is 22.3. The number of imidazole rings is 1. The highest BCUT2D eigenvalue weighted by Gasteiger charge is 2.46. The van der Waals surface area contributed by atoms with E-state index in [2.05, 4.69) is 4.98 Å². The Bertz CT molecular complexity index is 1190. The quantitative estimate of drug-likeness (QED) is 0.392. The molecular formula is C24H26N4O3. The number of fused-ring (bicyclic) bond motifs is 1. The molecule has 0 bridgehead atoms. The fourth-order valence-electron chi connectivity index (χ4n) is 4.04. The number of benzene rings is 1. The van der Waals surface area contributed by atoms with E-state index in [1.165, 1.54) is 0 Å². The summed E-state index contributed by atoms with van der Waals surface area (Å²) >= 11 is 0. The zero-order valence-electron chi connectivity index (χ0n) is 18.2. The van der Waals surface area contributed by atoms with Gasteiger partial charge in [-0.3, -0.25) is 14.0 Å². The van der Waals surface area contributed by atoms with Crippen molar-refractivity contribution in [2.75, 3.05) is 27.2 Å². The molecule has 2 aromatic heterocycles. The van der Waals surface area contributed by atoms with Crippen molar-refractivity contribution in [2.24, 2.45) is 0 Å². The van der Waals surface area contributed by atoms with E-state index in [1.54, 1.807) is 22.4 Å². The smallest absolute Gasteiger partial charge is 0.295 e. The number of hydrogen-bond donors (Lipinski definition) is 1. The Kier molecular flexibility index (Phi) is 5.37. The number of Topliss-reactive ketones (excluding diaryl/α,β-unsaturated/α-hetero) is 1. The molecule has 0 saturated carbocycles. The van der Waals surface area contributed by atoms with E-state index in [9.17, 15) is 14.7 Å². The topological polar surface area (TPSA) is 78.1 Å². The van der Waals surface area contributed by atoms with Crippen LogP contribution in [0.2, 0.25) is 0 Å². The highest BCUT2D eigenvalue weighted by Crippen LogP contribution is 2.39. The number of likely N-dealkylation sites (tertiary alicyclic amines) is 1. The van der Waals surface area contributed by atoms with Crippen molar-refractivity contribution >= 4 is 23.1 Å². The fourth-order valence-corrected chi connectivity index (χ4v) is 4.04. The number of aliphatic hydroxyl groups excluding tert-OH is 1.